The molecule has 1 aromatic heterocycles. The molecule has 0 saturated heterocycles. The number of para-hydroxylation sites is 1. The van der Waals surface area contributed by atoms with Gasteiger partial charge in [0.1, 0.15) is 17.3 Å². The number of carbonyl (C=O) groups is 1. The van der Waals surface area contributed by atoms with Crippen LogP contribution in [0.2, 0.25) is 0 Å². The van der Waals surface area contributed by atoms with E-state index in [2.05, 4.69) is 10.3 Å². The molecular formula is C24H17FN2O2. The van der Waals surface area contributed by atoms with E-state index in [-0.39, 0.29) is 11.7 Å². The minimum Gasteiger partial charge on any atom is -0.457 e. The zero-order valence-corrected chi connectivity index (χ0v) is 15.4. The van der Waals surface area contributed by atoms with E-state index in [0.29, 0.717) is 28.3 Å². The number of nitrogens with one attached hydrogen (secondary N) is 1. The number of carbonyl (C=O) groups excluding carboxylic acids is 1. The summed E-state index contributed by atoms with van der Waals surface area (Å²) in [6.07, 6.45) is 1.47. The van der Waals surface area contributed by atoms with Gasteiger partial charge in [-0.2, -0.15) is 0 Å². The summed E-state index contributed by atoms with van der Waals surface area (Å²) in [5.74, 6) is 0.815. The molecule has 0 aliphatic carbocycles. The molecule has 0 bridgehead atoms. The van der Waals surface area contributed by atoms with E-state index in [9.17, 15) is 9.18 Å². The lowest BCUT2D eigenvalue weighted by Gasteiger charge is -2.08. The molecule has 142 valence electrons. The van der Waals surface area contributed by atoms with E-state index in [1.54, 1.807) is 48.5 Å². The summed E-state index contributed by atoms with van der Waals surface area (Å²) in [7, 11) is 0. The van der Waals surface area contributed by atoms with Crippen molar-refractivity contribution in [2.45, 2.75) is 0 Å². The Labute approximate surface area is 167 Å². The first-order valence-corrected chi connectivity index (χ1v) is 9.04. The number of nitrogens with zero attached hydrogens (tertiary/aromatic N) is 1. The quantitative estimate of drug-likeness (QED) is 0.464. The fourth-order valence-electron chi connectivity index (χ4n) is 2.78. The van der Waals surface area contributed by atoms with Crippen LogP contribution in [0.4, 0.5) is 10.1 Å². The third kappa shape index (κ3) is 4.65. The van der Waals surface area contributed by atoms with Crippen molar-refractivity contribution in [2.24, 2.45) is 0 Å². The molecule has 0 saturated carbocycles. The summed E-state index contributed by atoms with van der Waals surface area (Å²) in [5.41, 5.74) is 2.31. The van der Waals surface area contributed by atoms with E-state index in [0.717, 1.165) is 5.75 Å². The van der Waals surface area contributed by atoms with Crippen LogP contribution in [-0.4, -0.2) is 10.9 Å². The number of ether oxygens (including phenoxy) is 1. The van der Waals surface area contributed by atoms with E-state index in [4.69, 9.17) is 4.74 Å². The van der Waals surface area contributed by atoms with Gasteiger partial charge >= 0.3 is 0 Å². The molecule has 4 aromatic rings. The third-order valence-corrected chi connectivity index (χ3v) is 4.24. The highest BCUT2D eigenvalue weighted by Gasteiger charge is 2.08. The van der Waals surface area contributed by atoms with Crippen molar-refractivity contribution in [3.8, 4) is 22.8 Å². The Morgan fingerprint density at radius 2 is 1.59 bits per heavy atom. The predicted molar refractivity (Wildman–Crippen MR) is 111 cm³/mol. The molecule has 0 aliphatic rings. The highest BCUT2D eigenvalue weighted by atomic mass is 19.1. The van der Waals surface area contributed by atoms with Crippen molar-refractivity contribution in [3.63, 3.8) is 0 Å². The maximum atomic E-state index is 13.4. The standard InChI is InChI=1S/C24H17FN2O2/c25-19-6-4-5-17(15-19)23-14-9-18(16-26-23)24(28)27-20-10-12-22(13-11-20)29-21-7-2-1-3-8-21/h1-16H,(H,27,28). The van der Waals surface area contributed by atoms with Crippen molar-refractivity contribution >= 4 is 11.6 Å². The molecule has 1 N–H and O–H groups in total. The number of rotatable bonds is 5. The second kappa shape index (κ2) is 8.35. The van der Waals surface area contributed by atoms with Crippen LogP contribution in [0.25, 0.3) is 11.3 Å². The maximum absolute atomic E-state index is 13.4. The van der Waals surface area contributed by atoms with E-state index < -0.39 is 0 Å². The van der Waals surface area contributed by atoms with Gasteiger partial charge in [-0.05, 0) is 60.7 Å². The highest BCUT2D eigenvalue weighted by molar-refractivity contribution is 6.04. The smallest absolute Gasteiger partial charge is 0.257 e. The Morgan fingerprint density at radius 1 is 0.828 bits per heavy atom. The number of pyridine rings is 1. The second-order valence-corrected chi connectivity index (χ2v) is 6.34. The van der Waals surface area contributed by atoms with Crippen molar-refractivity contribution in [2.75, 3.05) is 5.32 Å². The van der Waals surface area contributed by atoms with Gasteiger partial charge in [-0.25, -0.2) is 4.39 Å². The van der Waals surface area contributed by atoms with Gasteiger partial charge in [0.15, 0.2) is 0 Å². The van der Waals surface area contributed by atoms with Crippen LogP contribution in [0.1, 0.15) is 10.4 Å². The van der Waals surface area contributed by atoms with E-state index >= 15 is 0 Å². The summed E-state index contributed by atoms with van der Waals surface area (Å²) in [6, 6.07) is 26.1. The molecule has 0 fully saturated rings. The van der Waals surface area contributed by atoms with Crippen molar-refractivity contribution < 1.29 is 13.9 Å². The lowest BCUT2D eigenvalue weighted by molar-refractivity contribution is 0.102. The fraction of sp³-hybridized carbons (Fsp3) is 0. The van der Waals surface area contributed by atoms with Gasteiger partial charge in [-0.15, -0.1) is 0 Å². The summed E-state index contributed by atoms with van der Waals surface area (Å²) < 4.78 is 19.1. The Balaban J connectivity index is 1.41. The number of hydrogen-bond acceptors (Lipinski definition) is 3. The number of hydrogen-bond donors (Lipinski definition) is 1. The molecule has 3 aromatic carbocycles. The van der Waals surface area contributed by atoms with Gasteiger partial charge < -0.3 is 10.1 Å². The molecule has 4 nitrogen and oxygen atoms in total. The first-order chi connectivity index (χ1) is 14.2. The minimum atomic E-state index is -0.328. The average molecular weight is 384 g/mol. The first-order valence-electron chi connectivity index (χ1n) is 9.04. The van der Waals surface area contributed by atoms with Crippen LogP contribution in [0, 0.1) is 5.82 Å². The minimum absolute atomic E-state index is 0.278. The summed E-state index contributed by atoms with van der Waals surface area (Å²) in [5, 5.41) is 2.82. The average Bonchev–Trinajstić information content (AvgIpc) is 2.76. The van der Waals surface area contributed by atoms with Crippen LogP contribution in [0.5, 0.6) is 11.5 Å². The molecule has 1 heterocycles. The SMILES string of the molecule is O=C(Nc1ccc(Oc2ccccc2)cc1)c1ccc(-c2cccc(F)c2)nc1. The lowest BCUT2D eigenvalue weighted by atomic mass is 10.1. The molecule has 1 amide bonds. The van der Waals surface area contributed by atoms with Gasteiger partial charge in [0.25, 0.3) is 5.91 Å². The fourth-order valence-corrected chi connectivity index (χ4v) is 2.78. The molecule has 29 heavy (non-hydrogen) atoms. The molecule has 0 aliphatic heterocycles. The first kappa shape index (κ1) is 18.4. The molecule has 0 atom stereocenters. The molecular weight excluding hydrogens is 367 g/mol. The zero-order valence-electron chi connectivity index (χ0n) is 15.4. The summed E-state index contributed by atoms with van der Waals surface area (Å²) in [6.45, 7) is 0. The van der Waals surface area contributed by atoms with Gasteiger partial charge in [0, 0.05) is 17.4 Å². The third-order valence-electron chi connectivity index (χ3n) is 4.24. The van der Waals surface area contributed by atoms with Gasteiger partial charge in [0.2, 0.25) is 0 Å². The van der Waals surface area contributed by atoms with Crippen LogP contribution >= 0.6 is 0 Å². The largest absolute Gasteiger partial charge is 0.457 e. The molecule has 0 unspecified atom stereocenters. The number of amides is 1. The Hall–Kier alpha value is -3.99. The van der Waals surface area contributed by atoms with Crippen LogP contribution < -0.4 is 10.1 Å². The van der Waals surface area contributed by atoms with E-state index in [1.807, 2.05) is 30.3 Å². The molecule has 4 rings (SSSR count). The number of halogens is 1. The lowest BCUT2D eigenvalue weighted by Crippen LogP contribution is -2.12. The van der Waals surface area contributed by atoms with Crippen LogP contribution in [0.3, 0.4) is 0 Å². The predicted octanol–water partition coefficient (Wildman–Crippen LogP) is 5.93. The van der Waals surface area contributed by atoms with Crippen molar-refractivity contribution in [3.05, 3.63) is 109 Å². The number of aromatic nitrogens is 1. The topological polar surface area (TPSA) is 51.2 Å². The summed E-state index contributed by atoms with van der Waals surface area (Å²) in [4.78, 5) is 16.7. The van der Waals surface area contributed by atoms with E-state index in [1.165, 1.54) is 18.3 Å². The monoisotopic (exact) mass is 384 g/mol. The Bertz CT molecular complexity index is 1110. The molecule has 0 radical (unpaired) electrons. The normalized spacial score (nSPS) is 10.4. The molecule has 5 heteroatoms. The summed E-state index contributed by atoms with van der Waals surface area (Å²) >= 11 is 0. The van der Waals surface area contributed by atoms with Gasteiger partial charge in [0.05, 0.1) is 11.3 Å². The highest BCUT2D eigenvalue weighted by Crippen LogP contribution is 2.23. The van der Waals surface area contributed by atoms with Gasteiger partial charge in [-0.3, -0.25) is 9.78 Å². The second-order valence-electron chi connectivity index (χ2n) is 6.34. The number of benzene rings is 3. The zero-order chi connectivity index (χ0) is 20.1. The maximum Gasteiger partial charge on any atom is 0.257 e. The van der Waals surface area contributed by atoms with Crippen LogP contribution in [-0.2, 0) is 0 Å². The Kier molecular flexibility index (Phi) is 5.29. The van der Waals surface area contributed by atoms with Crippen molar-refractivity contribution in [1.82, 2.24) is 4.98 Å². The Morgan fingerprint density at radius 3 is 2.28 bits per heavy atom. The van der Waals surface area contributed by atoms with Crippen LogP contribution in [0.15, 0.2) is 97.2 Å². The van der Waals surface area contributed by atoms with Crippen molar-refractivity contribution in [1.29, 1.82) is 0 Å². The molecule has 0 spiro atoms. The van der Waals surface area contributed by atoms with Gasteiger partial charge in [-0.1, -0.05) is 30.3 Å². The number of anilines is 1.